The molecule has 2 heterocycles. The van der Waals surface area contributed by atoms with Crippen LogP contribution in [0.5, 0.6) is 0 Å². The average molecular weight is 376 g/mol. The predicted molar refractivity (Wildman–Crippen MR) is 99.0 cm³/mol. The van der Waals surface area contributed by atoms with E-state index >= 15 is 0 Å². The average Bonchev–Trinajstić information content (AvgIpc) is 3.08. The molecule has 1 aromatic heterocycles. The standard InChI is InChI=1S/C19H17F3N3S/c1-12-9-26-10-18(13-2-4-14(5-3-13)19(20,21)22)25(12)15-6-7-16-17(8-15)24-11-23-16/h2-9,11-12,18H,10H2,1H3,(H,23,24). The number of fused-ring (bicyclic) bond motifs is 1. The molecule has 1 fully saturated rings. The lowest BCUT2D eigenvalue weighted by Crippen LogP contribution is -2.41. The van der Waals surface area contributed by atoms with Gasteiger partial charge in [-0.25, -0.2) is 4.98 Å². The van der Waals surface area contributed by atoms with Crippen LogP contribution in [0, 0.1) is 5.75 Å². The van der Waals surface area contributed by atoms with Crippen molar-refractivity contribution in [1.82, 2.24) is 9.97 Å². The topological polar surface area (TPSA) is 31.9 Å². The van der Waals surface area contributed by atoms with E-state index in [9.17, 15) is 13.2 Å². The zero-order valence-electron chi connectivity index (χ0n) is 14.0. The van der Waals surface area contributed by atoms with Crippen molar-refractivity contribution in [1.29, 1.82) is 0 Å². The third kappa shape index (κ3) is 3.16. The Labute approximate surface area is 153 Å². The van der Waals surface area contributed by atoms with Crippen LogP contribution in [0.25, 0.3) is 11.0 Å². The van der Waals surface area contributed by atoms with Gasteiger partial charge in [0.2, 0.25) is 0 Å². The number of halogens is 3. The lowest BCUT2D eigenvalue weighted by Gasteiger charge is -2.42. The molecule has 1 N–H and O–H groups in total. The molecule has 7 heteroatoms. The van der Waals surface area contributed by atoms with Crippen LogP contribution in [0.2, 0.25) is 0 Å². The highest BCUT2D eigenvalue weighted by Crippen LogP contribution is 2.40. The van der Waals surface area contributed by atoms with E-state index in [4.69, 9.17) is 0 Å². The van der Waals surface area contributed by atoms with Crippen molar-refractivity contribution in [3.8, 4) is 0 Å². The lowest BCUT2D eigenvalue weighted by molar-refractivity contribution is -0.137. The zero-order chi connectivity index (χ0) is 18.3. The van der Waals surface area contributed by atoms with E-state index in [1.165, 1.54) is 0 Å². The van der Waals surface area contributed by atoms with E-state index in [1.54, 1.807) is 30.2 Å². The van der Waals surface area contributed by atoms with Gasteiger partial charge >= 0.3 is 6.18 Å². The maximum atomic E-state index is 12.9. The van der Waals surface area contributed by atoms with Crippen LogP contribution in [-0.2, 0) is 6.18 Å². The zero-order valence-corrected chi connectivity index (χ0v) is 14.8. The summed E-state index contributed by atoms with van der Waals surface area (Å²) in [5.74, 6) is 2.95. The molecule has 4 rings (SSSR count). The van der Waals surface area contributed by atoms with Gasteiger partial charge in [0.25, 0.3) is 0 Å². The normalized spacial score (nSPS) is 21.3. The van der Waals surface area contributed by atoms with Crippen molar-refractivity contribution in [3.63, 3.8) is 0 Å². The number of rotatable bonds is 2. The van der Waals surface area contributed by atoms with Crippen LogP contribution < -0.4 is 4.90 Å². The van der Waals surface area contributed by atoms with Gasteiger partial charge in [0.05, 0.1) is 29.0 Å². The molecular weight excluding hydrogens is 359 g/mol. The van der Waals surface area contributed by atoms with E-state index < -0.39 is 11.7 Å². The minimum absolute atomic E-state index is 0.00123. The van der Waals surface area contributed by atoms with Crippen molar-refractivity contribution in [3.05, 3.63) is 65.7 Å². The Balaban J connectivity index is 1.70. The van der Waals surface area contributed by atoms with Crippen molar-refractivity contribution < 1.29 is 13.2 Å². The van der Waals surface area contributed by atoms with Crippen molar-refractivity contribution in [2.45, 2.75) is 25.2 Å². The summed E-state index contributed by atoms with van der Waals surface area (Å²) in [4.78, 5) is 9.63. The summed E-state index contributed by atoms with van der Waals surface area (Å²) in [6.45, 7) is 2.10. The molecule has 26 heavy (non-hydrogen) atoms. The van der Waals surface area contributed by atoms with E-state index in [1.807, 2.05) is 18.2 Å². The number of hydrogen-bond donors (Lipinski definition) is 1. The predicted octanol–water partition coefficient (Wildman–Crippen LogP) is 5.43. The fraction of sp³-hybridized carbons (Fsp3) is 0.263. The molecule has 1 aliphatic rings. The van der Waals surface area contributed by atoms with Gasteiger partial charge in [0.15, 0.2) is 0 Å². The number of thioether (sulfide) groups is 1. The first-order valence-corrected chi connectivity index (χ1v) is 9.32. The number of hydrogen-bond acceptors (Lipinski definition) is 3. The number of aromatic amines is 1. The Morgan fingerprint density at radius 2 is 1.92 bits per heavy atom. The van der Waals surface area contributed by atoms with Crippen LogP contribution in [0.1, 0.15) is 24.1 Å². The molecule has 2 unspecified atom stereocenters. The van der Waals surface area contributed by atoms with Gasteiger partial charge in [0, 0.05) is 23.2 Å². The Morgan fingerprint density at radius 1 is 1.15 bits per heavy atom. The molecular formula is C19H17F3N3S. The molecule has 3 aromatic rings. The number of benzene rings is 2. The Bertz CT molecular complexity index is 904. The van der Waals surface area contributed by atoms with E-state index in [0.717, 1.165) is 40.2 Å². The molecule has 0 saturated carbocycles. The largest absolute Gasteiger partial charge is 0.416 e. The Kier molecular flexibility index (Phi) is 4.34. The second-order valence-electron chi connectivity index (χ2n) is 6.36. The Hall–Kier alpha value is -2.15. The fourth-order valence-electron chi connectivity index (χ4n) is 3.36. The van der Waals surface area contributed by atoms with Crippen LogP contribution in [0.15, 0.2) is 48.8 Å². The summed E-state index contributed by atoms with van der Waals surface area (Å²) >= 11 is 1.71. The Morgan fingerprint density at radius 3 is 2.65 bits per heavy atom. The summed E-state index contributed by atoms with van der Waals surface area (Å²) < 4.78 is 38.6. The molecule has 135 valence electrons. The van der Waals surface area contributed by atoms with Crippen LogP contribution in [0.4, 0.5) is 18.9 Å². The monoisotopic (exact) mass is 376 g/mol. The maximum absolute atomic E-state index is 12.9. The second kappa shape index (κ2) is 6.54. The van der Waals surface area contributed by atoms with Gasteiger partial charge in [0.1, 0.15) is 0 Å². The number of nitrogens with one attached hydrogen (secondary N) is 1. The molecule has 2 aromatic carbocycles. The smallest absolute Gasteiger partial charge is 0.360 e. The van der Waals surface area contributed by atoms with Crippen LogP contribution in [0.3, 0.4) is 0 Å². The van der Waals surface area contributed by atoms with E-state index in [2.05, 4.69) is 27.5 Å². The van der Waals surface area contributed by atoms with Gasteiger partial charge in [-0.1, -0.05) is 12.1 Å². The van der Waals surface area contributed by atoms with Crippen LogP contribution in [-0.4, -0.2) is 21.8 Å². The fourth-order valence-corrected chi connectivity index (χ4v) is 4.42. The molecule has 2 atom stereocenters. The number of nitrogens with zero attached hydrogens (tertiary/aromatic N) is 2. The number of anilines is 1. The van der Waals surface area contributed by atoms with Gasteiger partial charge in [-0.3, -0.25) is 0 Å². The molecule has 1 aliphatic heterocycles. The summed E-state index contributed by atoms with van der Waals surface area (Å²) in [6, 6.07) is 11.7. The van der Waals surface area contributed by atoms with Crippen molar-refractivity contribution >= 4 is 28.5 Å². The molecule has 0 spiro atoms. The minimum Gasteiger partial charge on any atom is -0.360 e. The van der Waals surface area contributed by atoms with E-state index in [0.29, 0.717) is 0 Å². The quantitative estimate of drug-likeness (QED) is 0.647. The second-order valence-corrected chi connectivity index (χ2v) is 7.30. The highest BCUT2D eigenvalue weighted by molar-refractivity contribution is 8.01. The maximum Gasteiger partial charge on any atom is 0.416 e. The first-order valence-electron chi connectivity index (χ1n) is 8.27. The third-order valence-electron chi connectivity index (χ3n) is 4.65. The molecule has 1 saturated heterocycles. The molecule has 3 nitrogen and oxygen atoms in total. The highest BCUT2D eigenvalue weighted by Gasteiger charge is 2.33. The summed E-state index contributed by atoms with van der Waals surface area (Å²) in [5.41, 5.74) is 3.11. The third-order valence-corrected chi connectivity index (χ3v) is 5.74. The number of H-pyrrole nitrogens is 1. The van der Waals surface area contributed by atoms with Gasteiger partial charge in [-0.05, 0) is 42.8 Å². The minimum atomic E-state index is -4.31. The summed E-state index contributed by atoms with van der Waals surface area (Å²) in [6.07, 6.45) is -2.66. The van der Waals surface area contributed by atoms with Gasteiger partial charge in [-0.2, -0.15) is 24.9 Å². The van der Waals surface area contributed by atoms with Crippen LogP contribution >= 0.6 is 11.8 Å². The molecule has 0 amide bonds. The van der Waals surface area contributed by atoms with Gasteiger partial charge < -0.3 is 9.88 Å². The number of imidazole rings is 1. The highest BCUT2D eigenvalue weighted by atomic mass is 32.2. The molecule has 0 bridgehead atoms. The van der Waals surface area contributed by atoms with Gasteiger partial charge in [-0.15, -0.1) is 0 Å². The SMILES string of the molecule is CC1[CH]SCC(c2ccc(C(F)(F)F)cc2)N1c1ccc2[nH]cnc2c1. The first kappa shape index (κ1) is 17.3. The van der Waals surface area contributed by atoms with E-state index in [-0.39, 0.29) is 12.1 Å². The molecule has 0 aliphatic carbocycles. The summed E-state index contributed by atoms with van der Waals surface area (Å²) in [5, 5.41) is 0. The number of aromatic nitrogens is 2. The summed E-state index contributed by atoms with van der Waals surface area (Å²) in [7, 11) is 0. The van der Waals surface area contributed by atoms with Crippen molar-refractivity contribution in [2.75, 3.05) is 10.7 Å². The number of alkyl halides is 3. The lowest BCUT2D eigenvalue weighted by atomic mass is 10.0. The van der Waals surface area contributed by atoms with Crippen molar-refractivity contribution in [2.24, 2.45) is 0 Å². The first-order chi connectivity index (χ1) is 12.4. The molecule has 1 radical (unpaired) electrons.